The van der Waals surface area contributed by atoms with E-state index in [9.17, 15) is 32.3 Å². The first-order chi connectivity index (χ1) is 13.4. The summed E-state index contributed by atoms with van der Waals surface area (Å²) in [5, 5.41) is 9.27. The van der Waals surface area contributed by atoms with E-state index >= 15 is 0 Å². The van der Waals surface area contributed by atoms with Crippen molar-refractivity contribution in [3.63, 3.8) is 0 Å². The molecule has 0 unspecified atom stereocenters. The fraction of sp³-hybridized carbons (Fsp3) is 0.800. The smallest absolute Gasteiger partial charge is 0.343 e. The van der Waals surface area contributed by atoms with Gasteiger partial charge in [-0.25, -0.2) is 0 Å². The maximum atomic E-state index is 12.7. The molecule has 0 saturated carbocycles. The van der Waals surface area contributed by atoms with Gasteiger partial charge in [-0.15, -0.1) is 0 Å². The molecule has 0 aliphatic rings. The molecule has 0 aliphatic carbocycles. The van der Waals surface area contributed by atoms with Crippen molar-refractivity contribution < 1.29 is 32.3 Å². The standard InChI is InChI=1S/C20H35F3N4O4/c1-11(20(21,22)23)24-13(29)17(5,6)26-15(31)19(9,10)27-14(30)18(7,8)25-12(28)16(2,3)4/h11H,1-10H3,(H,24,29)(H,25,28)(H,26,31)(H,27,30)/t11-/m1/s1. The van der Waals surface area contributed by atoms with Crippen molar-refractivity contribution in [3.05, 3.63) is 0 Å². The van der Waals surface area contributed by atoms with Crippen LogP contribution in [0.2, 0.25) is 0 Å². The van der Waals surface area contributed by atoms with Crippen LogP contribution in [0.15, 0.2) is 0 Å². The second-order valence-corrected chi connectivity index (χ2v) is 10.2. The first kappa shape index (κ1) is 28.7. The first-order valence-electron chi connectivity index (χ1n) is 9.79. The number of hydrogen-bond acceptors (Lipinski definition) is 4. The molecule has 0 aliphatic heterocycles. The summed E-state index contributed by atoms with van der Waals surface area (Å²) in [4.78, 5) is 49.8. The Balaban J connectivity index is 5.27. The average Bonchev–Trinajstić information content (AvgIpc) is 2.51. The molecule has 4 amide bonds. The van der Waals surface area contributed by atoms with Crippen LogP contribution >= 0.6 is 0 Å². The highest BCUT2D eigenvalue weighted by Gasteiger charge is 2.43. The normalized spacial score (nSPS) is 14.4. The lowest BCUT2D eigenvalue weighted by Crippen LogP contribution is -2.67. The van der Waals surface area contributed by atoms with Gasteiger partial charge in [0.25, 0.3) is 0 Å². The minimum absolute atomic E-state index is 0.369. The summed E-state index contributed by atoms with van der Waals surface area (Å²) < 4.78 is 38.1. The summed E-state index contributed by atoms with van der Waals surface area (Å²) in [6, 6.07) is -2.10. The van der Waals surface area contributed by atoms with E-state index in [-0.39, 0.29) is 5.91 Å². The molecule has 4 N–H and O–H groups in total. The van der Waals surface area contributed by atoms with E-state index in [1.54, 1.807) is 26.1 Å². The molecule has 0 saturated heterocycles. The zero-order chi connectivity index (χ0) is 25.2. The molecule has 0 fully saturated rings. The molecule has 8 nitrogen and oxygen atoms in total. The summed E-state index contributed by atoms with van der Waals surface area (Å²) in [6.07, 6.45) is -4.63. The number of hydrogen-bond donors (Lipinski definition) is 4. The van der Waals surface area contributed by atoms with Crippen molar-refractivity contribution in [2.75, 3.05) is 0 Å². The number of amides is 4. The molecule has 11 heteroatoms. The van der Waals surface area contributed by atoms with Crippen LogP contribution in [0.1, 0.15) is 69.2 Å². The molecular formula is C20H35F3N4O4. The van der Waals surface area contributed by atoms with Crippen molar-refractivity contribution >= 4 is 23.6 Å². The van der Waals surface area contributed by atoms with E-state index in [1.807, 2.05) is 0 Å². The van der Waals surface area contributed by atoms with Crippen LogP contribution in [0.3, 0.4) is 0 Å². The van der Waals surface area contributed by atoms with Gasteiger partial charge in [0, 0.05) is 5.41 Å². The van der Waals surface area contributed by atoms with Gasteiger partial charge in [0.1, 0.15) is 22.7 Å². The van der Waals surface area contributed by atoms with Crippen LogP contribution in [-0.4, -0.2) is 52.5 Å². The van der Waals surface area contributed by atoms with E-state index in [1.165, 1.54) is 41.5 Å². The lowest BCUT2D eigenvalue weighted by Gasteiger charge is -2.35. The van der Waals surface area contributed by atoms with Gasteiger partial charge >= 0.3 is 6.18 Å². The predicted octanol–water partition coefficient (Wildman–Crippen LogP) is 1.78. The highest BCUT2D eigenvalue weighted by atomic mass is 19.4. The van der Waals surface area contributed by atoms with E-state index in [0.717, 1.165) is 6.92 Å². The summed E-state index contributed by atoms with van der Waals surface area (Å²) in [7, 11) is 0. The van der Waals surface area contributed by atoms with E-state index in [2.05, 4.69) is 16.0 Å². The number of nitrogens with one attached hydrogen (secondary N) is 4. The van der Waals surface area contributed by atoms with Gasteiger partial charge in [-0.05, 0) is 48.5 Å². The average molecular weight is 453 g/mol. The molecule has 0 radical (unpaired) electrons. The summed E-state index contributed by atoms with van der Waals surface area (Å²) >= 11 is 0. The van der Waals surface area contributed by atoms with Gasteiger partial charge in [0.05, 0.1) is 0 Å². The fourth-order valence-electron chi connectivity index (χ4n) is 1.98. The predicted molar refractivity (Wildman–Crippen MR) is 110 cm³/mol. The molecule has 0 bridgehead atoms. The molecule has 180 valence electrons. The third-order valence-corrected chi connectivity index (χ3v) is 4.50. The van der Waals surface area contributed by atoms with Gasteiger partial charge in [-0.2, -0.15) is 13.2 Å². The number of carbonyl (C=O) groups excluding carboxylic acids is 4. The van der Waals surface area contributed by atoms with Crippen LogP contribution in [0.25, 0.3) is 0 Å². The summed E-state index contributed by atoms with van der Waals surface area (Å²) in [6.45, 7) is 14.0. The Morgan fingerprint density at radius 2 is 0.871 bits per heavy atom. The second kappa shape index (κ2) is 9.04. The van der Waals surface area contributed by atoms with Gasteiger partial charge in [-0.3, -0.25) is 19.2 Å². The Bertz CT molecular complexity index is 723. The Morgan fingerprint density at radius 3 is 1.16 bits per heavy atom. The van der Waals surface area contributed by atoms with Crippen molar-refractivity contribution in [1.82, 2.24) is 21.3 Å². The van der Waals surface area contributed by atoms with E-state index < -0.39 is 52.0 Å². The van der Waals surface area contributed by atoms with Gasteiger partial charge < -0.3 is 21.3 Å². The quantitative estimate of drug-likeness (QED) is 0.471. The second-order valence-electron chi connectivity index (χ2n) is 10.2. The van der Waals surface area contributed by atoms with E-state index in [4.69, 9.17) is 0 Å². The van der Waals surface area contributed by atoms with E-state index in [0.29, 0.717) is 0 Å². The fourth-order valence-corrected chi connectivity index (χ4v) is 1.98. The molecule has 0 aromatic heterocycles. The van der Waals surface area contributed by atoms with Gasteiger partial charge in [0.15, 0.2) is 0 Å². The number of carbonyl (C=O) groups is 4. The number of halogens is 3. The van der Waals surface area contributed by atoms with Gasteiger partial charge in [-0.1, -0.05) is 20.8 Å². The Morgan fingerprint density at radius 1 is 0.581 bits per heavy atom. The Kier molecular flexibility index (Phi) is 8.36. The minimum atomic E-state index is -4.63. The van der Waals surface area contributed by atoms with Crippen LogP contribution in [0, 0.1) is 5.41 Å². The lowest BCUT2D eigenvalue weighted by atomic mass is 9.92. The van der Waals surface area contributed by atoms with Crippen LogP contribution in [0.5, 0.6) is 0 Å². The van der Waals surface area contributed by atoms with Crippen molar-refractivity contribution in [1.29, 1.82) is 0 Å². The number of alkyl halides is 3. The zero-order valence-electron chi connectivity index (χ0n) is 19.8. The monoisotopic (exact) mass is 452 g/mol. The maximum absolute atomic E-state index is 12.7. The highest BCUT2D eigenvalue weighted by molar-refractivity contribution is 5.98. The third kappa shape index (κ3) is 8.37. The van der Waals surface area contributed by atoms with Crippen molar-refractivity contribution in [2.24, 2.45) is 5.41 Å². The van der Waals surface area contributed by atoms with Crippen molar-refractivity contribution in [3.8, 4) is 0 Å². The largest absolute Gasteiger partial charge is 0.408 e. The van der Waals surface area contributed by atoms with Crippen molar-refractivity contribution in [2.45, 2.75) is 98.1 Å². The Labute approximate surface area is 181 Å². The Hall–Kier alpha value is -2.33. The molecule has 0 rings (SSSR count). The van der Waals surface area contributed by atoms with Gasteiger partial charge in [0.2, 0.25) is 23.6 Å². The zero-order valence-corrected chi connectivity index (χ0v) is 19.8. The lowest BCUT2D eigenvalue weighted by molar-refractivity contribution is -0.160. The molecule has 0 aromatic rings. The molecular weight excluding hydrogens is 417 g/mol. The molecule has 1 atom stereocenters. The SMILES string of the molecule is C[C@@H](NC(=O)C(C)(C)NC(=O)C(C)(C)NC(=O)C(C)(C)NC(=O)C(C)(C)C)C(F)(F)F. The third-order valence-electron chi connectivity index (χ3n) is 4.50. The van der Waals surface area contributed by atoms with Crippen LogP contribution in [-0.2, 0) is 19.2 Å². The first-order valence-corrected chi connectivity index (χ1v) is 9.79. The molecule has 0 aromatic carbocycles. The number of rotatable bonds is 7. The maximum Gasteiger partial charge on any atom is 0.408 e. The highest BCUT2D eigenvalue weighted by Crippen LogP contribution is 2.21. The van der Waals surface area contributed by atoms with Crippen LogP contribution in [0.4, 0.5) is 13.2 Å². The summed E-state index contributed by atoms with van der Waals surface area (Å²) in [5.41, 5.74) is -5.31. The topological polar surface area (TPSA) is 116 Å². The summed E-state index contributed by atoms with van der Waals surface area (Å²) in [5.74, 6) is -2.85. The molecule has 31 heavy (non-hydrogen) atoms. The molecule has 0 heterocycles. The minimum Gasteiger partial charge on any atom is -0.343 e. The van der Waals surface area contributed by atoms with Crippen LogP contribution < -0.4 is 21.3 Å². The molecule has 0 spiro atoms.